The Bertz CT molecular complexity index is 991. The fourth-order valence-electron chi connectivity index (χ4n) is 5.22. The van der Waals surface area contributed by atoms with Crippen LogP contribution < -0.4 is 20.1 Å². The van der Waals surface area contributed by atoms with Crippen LogP contribution in [0.5, 0.6) is 11.5 Å². The van der Waals surface area contributed by atoms with E-state index in [0.29, 0.717) is 13.0 Å². The number of carbonyl (C=O) groups excluding carboxylic acids is 2. The van der Waals surface area contributed by atoms with Gasteiger partial charge >= 0.3 is 0 Å². The Balaban J connectivity index is 1.61. The van der Waals surface area contributed by atoms with Gasteiger partial charge in [-0.25, -0.2) is 0 Å². The number of piperidine rings is 1. The topological polar surface area (TPSA) is 79.9 Å². The van der Waals surface area contributed by atoms with Crippen LogP contribution in [0.4, 0.5) is 5.69 Å². The van der Waals surface area contributed by atoms with Gasteiger partial charge in [0, 0.05) is 50.1 Å². The van der Waals surface area contributed by atoms with Gasteiger partial charge in [0.1, 0.15) is 0 Å². The maximum atomic E-state index is 12.4. The van der Waals surface area contributed by atoms with Crippen LogP contribution in [0.15, 0.2) is 42.5 Å². The van der Waals surface area contributed by atoms with Crippen LogP contribution >= 0.6 is 0 Å². The van der Waals surface area contributed by atoms with E-state index in [1.165, 1.54) is 12.5 Å². The lowest BCUT2D eigenvalue weighted by Gasteiger charge is -2.39. The molecule has 0 saturated carbocycles. The predicted octanol–water partition coefficient (Wildman–Crippen LogP) is 3.30. The lowest BCUT2D eigenvalue weighted by atomic mass is 9.76. The second-order valence-electron chi connectivity index (χ2n) is 8.74. The molecule has 2 atom stereocenters. The predicted molar refractivity (Wildman–Crippen MR) is 123 cm³/mol. The van der Waals surface area contributed by atoms with Crippen LogP contribution in [0.3, 0.4) is 0 Å². The minimum absolute atomic E-state index is 0.0898. The molecule has 2 amide bonds. The Kier molecular flexibility index (Phi) is 6.37. The third-order valence-electron chi connectivity index (χ3n) is 6.54. The fraction of sp³-hybridized carbons (Fsp3) is 0.440. The number of likely N-dealkylation sites (tertiary alicyclic amines) is 1. The number of nitrogens with zero attached hydrogens (tertiary/aromatic N) is 1. The number of hydrogen-bond acceptors (Lipinski definition) is 5. The van der Waals surface area contributed by atoms with Gasteiger partial charge in [0.15, 0.2) is 11.5 Å². The Morgan fingerprint density at radius 1 is 1.19 bits per heavy atom. The van der Waals surface area contributed by atoms with Gasteiger partial charge < -0.3 is 20.1 Å². The fourth-order valence-corrected chi connectivity index (χ4v) is 5.22. The van der Waals surface area contributed by atoms with Gasteiger partial charge in [-0.05, 0) is 36.6 Å². The molecule has 2 saturated heterocycles. The van der Waals surface area contributed by atoms with E-state index in [-0.39, 0.29) is 23.3 Å². The maximum absolute atomic E-state index is 12.4. The minimum Gasteiger partial charge on any atom is -0.493 e. The van der Waals surface area contributed by atoms with Crippen molar-refractivity contribution in [3.05, 3.63) is 53.6 Å². The normalized spacial score (nSPS) is 23.1. The smallest absolute Gasteiger partial charge is 0.221 e. The third-order valence-corrected chi connectivity index (χ3v) is 6.54. The molecule has 2 aromatic carbocycles. The Hall–Kier alpha value is -3.06. The van der Waals surface area contributed by atoms with Crippen molar-refractivity contribution in [1.29, 1.82) is 0 Å². The van der Waals surface area contributed by atoms with Gasteiger partial charge in [-0.15, -0.1) is 0 Å². The SMILES string of the molecule is COc1cccc(CN2C[C@@H](c3ccc(NC(C)=O)cc3)[C@@]3(CCCC(=O)N3)C2)c1OC. The highest BCUT2D eigenvalue weighted by molar-refractivity contribution is 5.88. The van der Waals surface area contributed by atoms with Crippen molar-refractivity contribution in [2.24, 2.45) is 0 Å². The first-order valence-electron chi connectivity index (χ1n) is 11.0. The number of para-hydroxylation sites is 1. The summed E-state index contributed by atoms with van der Waals surface area (Å²) in [4.78, 5) is 26.2. The monoisotopic (exact) mass is 437 g/mol. The molecule has 1 spiro atoms. The highest BCUT2D eigenvalue weighted by atomic mass is 16.5. The molecule has 2 aliphatic heterocycles. The molecule has 2 fully saturated rings. The van der Waals surface area contributed by atoms with Crippen molar-refractivity contribution < 1.29 is 19.1 Å². The highest BCUT2D eigenvalue weighted by Crippen LogP contribution is 2.43. The number of carbonyl (C=O) groups is 2. The molecule has 32 heavy (non-hydrogen) atoms. The van der Waals surface area contributed by atoms with E-state index in [0.717, 1.165) is 48.7 Å². The third kappa shape index (κ3) is 4.43. The number of methoxy groups -OCH3 is 2. The van der Waals surface area contributed by atoms with E-state index in [2.05, 4.69) is 33.7 Å². The zero-order valence-corrected chi connectivity index (χ0v) is 18.9. The summed E-state index contributed by atoms with van der Waals surface area (Å²) in [5, 5.41) is 6.17. The van der Waals surface area contributed by atoms with Crippen molar-refractivity contribution >= 4 is 17.5 Å². The van der Waals surface area contributed by atoms with Crippen molar-refractivity contribution in [2.75, 3.05) is 32.6 Å². The minimum atomic E-state index is -0.295. The molecule has 2 N–H and O–H groups in total. The van der Waals surface area contributed by atoms with Crippen LogP contribution in [0.1, 0.15) is 43.2 Å². The average Bonchev–Trinajstić information content (AvgIpc) is 3.10. The van der Waals surface area contributed by atoms with Crippen molar-refractivity contribution in [3.8, 4) is 11.5 Å². The first-order valence-corrected chi connectivity index (χ1v) is 11.0. The lowest BCUT2D eigenvalue weighted by molar-refractivity contribution is -0.125. The summed E-state index contributed by atoms with van der Waals surface area (Å²) in [6, 6.07) is 13.9. The van der Waals surface area contributed by atoms with Crippen LogP contribution in [0.25, 0.3) is 0 Å². The van der Waals surface area contributed by atoms with Crippen LogP contribution in [-0.4, -0.2) is 49.6 Å². The maximum Gasteiger partial charge on any atom is 0.221 e. The summed E-state index contributed by atoms with van der Waals surface area (Å²) >= 11 is 0. The highest BCUT2D eigenvalue weighted by Gasteiger charge is 2.49. The summed E-state index contributed by atoms with van der Waals surface area (Å²) in [6.07, 6.45) is 2.42. The first kappa shape index (κ1) is 22.1. The molecule has 0 aromatic heterocycles. The van der Waals surface area contributed by atoms with E-state index in [1.807, 2.05) is 24.3 Å². The molecule has 0 radical (unpaired) electrons. The standard InChI is InChI=1S/C25H31N3O4/c1-17(29)26-20-11-9-18(10-12-20)21-15-28(16-25(21)13-5-8-23(30)27-25)14-19-6-4-7-22(31-2)24(19)32-3/h4,6-7,9-12,21H,5,8,13-16H2,1-3H3,(H,26,29)(H,27,30)/t21-,25+/m0/s1. The summed E-state index contributed by atoms with van der Waals surface area (Å²) in [7, 11) is 3.30. The van der Waals surface area contributed by atoms with E-state index < -0.39 is 0 Å². The van der Waals surface area contributed by atoms with Gasteiger partial charge in [-0.3, -0.25) is 14.5 Å². The van der Waals surface area contributed by atoms with Crippen LogP contribution in [-0.2, 0) is 16.1 Å². The average molecular weight is 438 g/mol. The van der Waals surface area contributed by atoms with E-state index in [9.17, 15) is 9.59 Å². The number of anilines is 1. The molecule has 2 aromatic rings. The summed E-state index contributed by atoms with van der Waals surface area (Å²) in [5.41, 5.74) is 2.71. The zero-order valence-electron chi connectivity index (χ0n) is 18.9. The Morgan fingerprint density at radius 2 is 1.97 bits per heavy atom. The van der Waals surface area contributed by atoms with Gasteiger partial charge in [-0.1, -0.05) is 24.3 Å². The molecule has 7 heteroatoms. The summed E-state index contributed by atoms with van der Waals surface area (Å²) in [6.45, 7) is 3.80. The summed E-state index contributed by atoms with van der Waals surface area (Å²) < 4.78 is 11.1. The van der Waals surface area contributed by atoms with E-state index in [4.69, 9.17) is 9.47 Å². The molecular weight excluding hydrogens is 406 g/mol. The Labute approximate surface area is 189 Å². The molecule has 2 heterocycles. The lowest BCUT2D eigenvalue weighted by Crippen LogP contribution is -2.56. The summed E-state index contributed by atoms with van der Waals surface area (Å²) in [5.74, 6) is 1.66. The number of nitrogens with one attached hydrogen (secondary N) is 2. The van der Waals surface area contributed by atoms with Crippen molar-refractivity contribution in [3.63, 3.8) is 0 Å². The number of benzene rings is 2. The molecule has 0 aliphatic carbocycles. The second kappa shape index (κ2) is 9.20. The van der Waals surface area contributed by atoms with E-state index >= 15 is 0 Å². The Morgan fingerprint density at radius 3 is 2.62 bits per heavy atom. The van der Waals surface area contributed by atoms with Gasteiger partial charge in [-0.2, -0.15) is 0 Å². The van der Waals surface area contributed by atoms with E-state index in [1.54, 1.807) is 14.2 Å². The molecule has 4 rings (SSSR count). The molecule has 0 unspecified atom stereocenters. The quantitative estimate of drug-likeness (QED) is 0.725. The second-order valence-corrected chi connectivity index (χ2v) is 8.74. The van der Waals surface area contributed by atoms with Gasteiger partial charge in [0.2, 0.25) is 11.8 Å². The molecular formula is C25H31N3O4. The molecule has 170 valence electrons. The molecule has 2 aliphatic rings. The zero-order chi connectivity index (χ0) is 22.7. The van der Waals surface area contributed by atoms with Gasteiger partial charge in [0.25, 0.3) is 0 Å². The number of ether oxygens (including phenoxy) is 2. The number of amides is 2. The van der Waals surface area contributed by atoms with Crippen LogP contribution in [0, 0.1) is 0 Å². The number of rotatable bonds is 6. The molecule has 7 nitrogen and oxygen atoms in total. The molecule has 0 bridgehead atoms. The largest absolute Gasteiger partial charge is 0.493 e. The van der Waals surface area contributed by atoms with Crippen molar-refractivity contribution in [1.82, 2.24) is 10.2 Å². The van der Waals surface area contributed by atoms with Gasteiger partial charge in [0.05, 0.1) is 19.8 Å². The number of hydrogen-bond donors (Lipinski definition) is 2. The first-order chi connectivity index (χ1) is 15.4. The van der Waals surface area contributed by atoms with Crippen molar-refractivity contribution in [2.45, 2.75) is 44.2 Å². The van der Waals surface area contributed by atoms with Crippen LogP contribution in [0.2, 0.25) is 0 Å².